The minimum absolute atomic E-state index is 0.645. The Labute approximate surface area is 84.3 Å². The van der Waals surface area contributed by atoms with E-state index in [0.717, 1.165) is 18.7 Å². The summed E-state index contributed by atoms with van der Waals surface area (Å²) in [5.74, 6) is 0.645. The molecule has 0 aliphatic carbocycles. The number of nitrogens with one attached hydrogen (secondary N) is 1. The standard InChI is InChI=1S/C11H15N3/c12-11(10-4-6-13-7-5-10)14-8-2-1-3-9-14/h4-7,12H,1-3,8-9H2. The van der Waals surface area contributed by atoms with Crippen molar-refractivity contribution in [1.82, 2.24) is 9.88 Å². The second kappa shape index (κ2) is 4.22. The Hall–Kier alpha value is -1.38. The lowest BCUT2D eigenvalue weighted by Gasteiger charge is -2.28. The number of likely N-dealkylation sites (tertiary alicyclic amines) is 1. The second-order valence-corrected chi connectivity index (χ2v) is 3.63. The average molecular weight is 189 g/mol. The number of pyridine rings is 1. The fraction of sp³-hybridized carbons (Fsp3) is 0.455. The molecule has 1 aliphatic rings. The van der Waals surface area contributed by atoms with E-state index in [9.17, 15) is 0 Å². The summed E-state index contributed by atoms with van der Waals surface area (Å²) in [6.07, 6.45) is 7.22. The molecule has 0 atom stereocenters. The zero-order valence-corrected chi connectivity index (χ0v) is 8.24. The lowest BCUT2D eigenvalue weighted by Crippen LogP contribution is -2.35. The molecule has 1 saturated heterocycles. The molecule has 0 aromatic carbocycles. The molecule has 74 valence electrons. The summed E-state index contributed by atoms with van der Waals surface area (Å²) in [5, 5.41) is 8.02. The molecule has 0 unspecified atom stereocenters. The molecule has 3 nitrogen and oxygen atoms in total. The molecule has 0 amide bonds. The number of piperidine rings is 1. The molecule has 1 N–H and O–H groups in total. The summed E-state index contributed by atoms with van der Waals surface area (Å²) in [6.45, 7) is 2.06. The van der Waals surface area contributed by atoms with E-state index in [4.69, 9.17) is 5.41 Å². The molecule has 1 fully saturated rings. The zero-order chi connectivity index (χ0) is 9.80. The predicted molar refractivity (Wildman–Crippen MR) is 56.5 cm³/mol. The second-order valence-electron chi connectivity index (χ2n) is 3.63. The lowest BCUT2D eigenvalue weighted by atomic mass is 10.1. The Morgan fingerprint density at radius 3 is 2.43 bits per heavy atom. The molecule has 14 heavy (non-hydrogen) atoms. The third-order valence-electron chi connectivity index (χ3n) is 2.63. The van der Waals surface area contributed by atoms with Gasteiger partial charge in [0, 0.05) is 31.0 Å². The molecule has 0 bridgehead atoms. The number of amidine groups is 1. The van der Waals surface area contributed by atoms with Crippen molar-refractivity contribution in [2.45, 2.75) is 19.3 Å². The van der Waals surface area contributed by atoms with E-state index in [2.05, 4.69) is 9.88 Å². The van der Waals surface area contributed by atoms with E-state index in [1.54, 1.807) is 12.4 Å². The normalized spacial score (nSPS) is 16.7. The maximum atomic E-state index is 8.02. The van der Waals surface area contributed by atoms with Crippen LogP contribution in [0.15, 0.2) is 24.5 Å². The largest absolute Gasteiger partial charge is 0.357 e. The molecule has 1 aromatic rings. The summed E-state index contributed by atoms with van der Waals surface area (Å²) in [6, 6.07) is 3.80. The van der Waals surface area contributed by atoms with Crippen molar-refractivity contribution in [3.8, 4) is 0 Å². The molecule has 2 heterocycles. The predicted octanol–water partition coefficient (Wildman–Crippen LogP) is 1.89. The first-order valence-corrected chi connectivity index (χ1v) is 5.12. The molecule has 0 spiro atoms. The van der Waals surface area contributed by atoms with Gasteiger partial charge in [0.15, 0.2) is 0 Å². The Bertz CT molecular complexity index is 302. The Morgan fingerprint density at radius 1 is 1.14 bits per heavy atom. The number of hydrogen-bond donors (Lipinski definition) is 1. The highest BCUT2D eigenvalue weighted by Crippen LogP contribution is 2.12. The van der Waals surface area contributed by atoms with Crippen molar-refractivity contribution < 1.29 is 0 Å². The van der Waals surface area contributed by atoms with Gasteiger partial charge in [0.05, 0.1) is 0 Å². The highest BCUT2D eigenvalue weighted by atomic mass is 15.2. The van der Waals surface area contributed by atoms with Crippen LogP contribution in [-0.4, -0.2) is 28.8 Å². The van der Waals surface area contributed by atoms with Gasteiger partial charge in [0.2, 0.25) is 0 Å². The zero-order valence-electron chi connectivity index (χ0n) is 8.24. The highest BCUT2D eigenvalue weighted by Gasteiger charge is 2.14. The molecular formula is C11H15N3. The van der Waals surface area contributed by atoms with Crippen molar-refractivity contribution in [3.63, 3.8) is 0 Å². The molecule has 0 radical (unpaired) electrons. The molecule has 3 heteroatoms. The summed E-state index contributed by atoms with van der Waals surface area (Å²) in [4.78, 5) is 6.11. The van der Waals surface area contributed by atoms with Gasteiger partial charge in [-0.25, -0.2) is 0 Å². The minimum Gasteiger partial charge on any atom is -0.357 e. The maximum absolute atomic E-state index is 8.02. The smallest absolute Gasteiger partial charge is 0.128 e. The summed E-state index contributed by atoms with van der Waals surface area (Å²) in [5.41, 5.74) is 0.974. The quantitative estimate of drug-likeness (QED) is 0.541. The van der Waals surface area contributed by atoms with Crippen LogP contribution in [0.3, 0.4) is 0 Å². The first-order valence-electron chi connectivity index (χ1n) is 5.12. The van der Waals surface area contributed by atoms with Crippen molar-refractivity contribution in [1.29, 1.82) is 5.41 Å². The Balaban J connectivity index is 2.07. The molecule has 0 saturated carbocycles. The summed E-state index contributed by atoms with van der Waals surface area (Å²) >= 11 is 0. The Kier molecular flexibility index (Phi) is 2.77. The van der Waals surface area contributed by atoms with Crippen LogP contribution in [-0.2, 0) is 0 Å². The topological polar surface area (TPSA) is 40.0 Å². The fourth-order valence-electron chi connectivity index (χ4n) is 1.81. The number of hydrogen-bond acceptors (Lipinski definition) is 2. The van der Waals surface area contributed by atoms with E-state index in [1.807, 2.05) is 12.1 Å². The van der Waals surface area contributed by atoms with Crippen LogP contribution in [0, 0.1) is 5.41 Å². The van der Waals surface area contributed by atoms with Gasteiger partial charge in [0.1, 0.15) is 5.84 Å². The van der Waals surface area contributed by atoms with Gasteiger partial charge < -0.3 is 4.90 Å². The van der Waals surface area contributed by atoms with E-state index in [1.165, 1.54) is 19.3 Å². The van der Waals surface area contributed by atoms with Gasteiger partial charge in [0.25, 0.3) is 0 Å². The average Bonchev–Trinajstić information content (AvgIpc) is 2.30. The van der Waals surface area contributed by atoms with E-state index >= 15 is 0 Å². The molecule has 2 rings (SSSR count). The van der Waals surface area contributed by atoms with E-state index < -0.39 is 0 Å². The van der Waals surface area contributed by atoms with Crippen LogP contribution in [0.5, 0.6) is 0 Å². The van der Waals surface area contributed by atoms with Crippen LogP contribution >= 0.6 is 0 Å². The van der Waals surface area contributed by atoms with E-state index in [0.29, 0.717) is 5.84 Å². The number of aromatic nitrogens is 1. The van der Waals surface area contributed by atoms with Gasteiger partial charge in [-0.1, -0.05) is 0 Å². The van der Waals surface area contributed by atoms with Crippen LogP contribution in [0.2, 0.25) is 0 Å². The van der Waals surface area contributed by atoms with Gasteiger partial charge >= 0.3 is 0 Å². The molecular weight excluding hydrogens is 174 g/mol. The van der Waals surface area contributed by atoms with Crippen molar-refractivity contribution in [2.24, 2.45) is 0 Å². The summed E-state index contributed by atoms with van der Waals surface area (Å²) in [7, 11) is 0. The third kappa shape index (κ3) is 1.92. The van der Waals surface area contributed by atoms with Crippen molar-refractivity contribution >= 4 is 5.84 Å². The molecule has 1 aromatic heterocycles. The van der Waals surface area contributed by atoms with Gasteiger partial charge in [-0.2, -0.15) is 0 Å². The summed E-state index contributed by atoms with van der Waals surface area (Å²) < 4.78 is 0. The van der Waals surface area contributed by atoms with Gasteiger partial charge in [-0.3, -0.25) is 10.4 Å². The monoisotopic (exact) mass is 189 g/mol. The first-order chi connectivity index (χ1) is 6.88. The Morgan fingerprint density at radius 2 is 1.79 bits per heavy atom. The number of nitrogens with zero attached hydrogens (tertiary/aromatic N) is 2. The minimum atomic E-state index is 0.645. The van der Waals surface area contributed by atoms with Crippen LogP contribution < -0.4 is 0 Å². The number of rotatable bonds is 1. The van der Waals surface area contributed by atoms with Crippen LogP contribution in [0.25, 0.3) is 0 Å². The van der Waals surface area contributed by atoms with E-state index in [-0.39, 0.29) is 0 Å². The van der Waals surface area contributed by atoms with Crippen molar-refractivity contribution in [2.75, 3.05) is 13.1 Å². The van der Waals surface area contributed by atoms with Crippen LogP contribution in [0.4, 0.5) is 0 Å². The lowest BCUT2D eigenvalue weighted by molar-refractivity contribution is 0.341. The molecule has 1 aliphatic heterocycles. The SMILES string of the molecule is N=C(c1ccncc1)N1CCCCC1. The van der Waals surface area contributed by atoms with Crippen molar-refractivity contribution in [3.05, 3.63) is 30.1 Å². The fourth-order valence-corrected chi connectivity index (χ4v) is 1.81. The van der Waals surface area contributed by atoms with Gasteiger partial charge in [-0.05, 0) is 31.4 Å². The maximum Gasteiger partial charge on any atom is 0.128 e. The third-order valence-corrected chi connectivity index (χ3v) is 2.63. The first kappa shape index (κ1) is 9.19. The van der Waals surface area contributed by atoms with Gasteiger partial charge in [-0.15, -0.1) is 0 Å². The highest BCUT2D eigenvalue weighted by molar-refractivity contribution is 5.96. The van der Waals surface area contributed by atoms with Crippen LogP contribution in [0.1, 0.15) is 24.8 Å².